The minimum atomic E-state index is -3.16. The molecule has 2 fully saturated rings. The van der Waals surface area contributed by atoms with Crippen LogP contribution in [0.15, 0.2) is 18.3 Å². The molecule has 2 aliphatic rings. The highest BCUT2D eigenvalue weighted by Gasteiger charge is 2.56. The second kappa shape index (κ2) is 5.31. The molecule has 2 heterocycles. The molecule has 1 aromatic rings. The molecule has 0 aromatic carbocycles. The molecule has 1 saturated carbocycles. The van der Waals surface area contributed by atoms with Crippen LogP contribution in [0.1, 0.15) is 35.3 Å². The van der Waals surface area contributed by atoms with Crippen molar-refractivity contribution in [3.8, 4) is 0 Å². The van der Waals surface area contributed by atoms with Crippen LogP contribution in [-0.2, 0) is 10.0 Å². The molecule has 6 nitrogen and oxygen atoms in total. The summed E-state index contributed by atoms with van der Waals surface area (Å²) in [6.07, 6.45) is 5.40. The van der Waals surface area contributed by atoms with Gasteiger partial charge in [0.05, 0.1) is 6.26 Å². The van der Waals surface area contributed by atoms with Gasteiger partial charge < -0.3 is 4.90 Å². The van der Waals surface area contributed by atoms with E-state index in [1.807, 2.05) is 24.0 Å². The lowest BCUT2D eigenvalue weighted by Gasteiger charge is -2.33. The molecule has 1 saturated heterocycles. The van der Waals surface area contributed by atoms with Gasteiger partial charge in [-0.2, -0.15) is 0 Å². The van der Waals surface area contributed by atoms with E-state index >= 15 is 0 Å². The van der Waals surface area contributed by atoms with Crippen molar-refractivity contribution < 1.29 is 13.2 Å². The van der Waals surface area contributed by atoms with Crippen molar-refractivity contribution in [3.05, 3.63) is 29.6 Å². The van der Waals surface area contributed by atoms with Crippen LogP contribution in [0.25, 0.3) is 0 Å². The van der Waals surface area contributed by atoms with Crippen LogP contribution >= 0.6 is 0 Å². The van der Waals surface area contributed by atoms with E-state index in [-0.39, 0.29) is 17.4 Å². The zero-order chi connectivity index (χ0) is 16.0. The smallest absolute Gasteiger partial charge is 0.272 e. The van der Waals surface area contributed by atoms with Gasteiger partial charge in [-0.1, -0.05) is 6.07 Å². The van der Waals surface area contributed by atoms with E-state index < -0.39 is 10.0 Å². The zero-order valence-corrected chi connectivity index (χ0v) is 13.7. The molecule has 120 valence electrons. The Bertz CT molecular complexity index is 694. The van der Waals surface area contributed by atoms with Crippen LogP contribution in [0.4, 0.5) is 0 Å². The molecule has 1 aliphatic heterocycles. The van der Waals surface area contributed by atoms with Gasteiger partial charge in [0.2, 0.25) is 10.0 Å². The summed E-state index contributed by atoms with van der Waals surface area (Å²) in [6.45, 7) is 3.21. The number of carbonyl (C=O) groups excluding carboxylic acids is 1. The van der Waals surface area contributed by atoms with Crippen molar-refractivity contribution in [2.24, 2.45) is 5.41 Å². The predicted octanol–water partition coefficient (Wildman–Crippen LogP) is 0.934. The number of likely N-dealkylation sites (tertiary alicyclic amines) is 1. The summed E-state index contributed by atoms with van der Waals surface area (Å²) in [7, 11) is -3.16. The first-order valence-corrected chi connectivity index (χ1v) is 9.38. The maximum Gasteiger partial charge on any atom is 0.272 e. The number of aromatic nitrogens is 1. The Morgan fingerprint density at radius 2 is 2.09 bits per heavy atom. The third kappa shape index (κ3) is 3.01. The fourth-order valence-electron chi connectivity index (χ4n) is 3.34. The van der Waals surface area contributed by atoms with E-state index in [0.29, 0.717) is 18.8 Å². The maximum atomic E-state index is 12.5. The van der Waals surface area contributed by atoms with Gasteiger partial charge in [-0.15, -0.1) is 0 Å². The van der Waals surface area contributed by atoms with Crippen molar-refractivity contribution in [2.45, 2.75) is 32.2 Å². The number of piperidine rings is 1. The van der Waals surface area contributed by atoms with Crippen LogP contribution < -0.4 is 4.72 Å². The number of nitrogens with zero attached hydrogens (tertiary/aromatic N) is 2. The first-order chi connectivity index (χ1) is 10.3. The monoisotopic (exact) mass is 323 g/mol. The fourth-order valence-corrected chi connectivity index (χ4v) is 4.19. The van der Waals surface area contributed by atoms with Gasteiger partial charge in [0.1, 0.15) is 5.69 Å². The van der Waals surface area contributed by atoms with E-state index in [4.69, 9.17) is 0 Å². The molecular formula is C15H21N3O3S. The summed E-state index contributed by atoms with van der Waals surface area (Å²) in [4.78, 5) is 18.5. The van der Waals surface area contributed by atoms with E-state index in [1.165, 1.54) is 6.26 Å². The Morgan fingerprint density at radius 1 is 1.41 bits per heavy atom. The number of hydrogen-bond acceptors (Lipinski definition) is 4. The van der Waals surface area contributed by atoms with Crippen LogP contribution in [0.3, 0.4) is 0 Å². The molecule has 1 amide bonds. The van der Waals surface area contributed by atoms with Gasteiger partial charge in [-0.25, -0.2) is 13.1 Å². The molecule has 1 spiro atoms. The highest BCUT2D eigenvalue weighted by atomic mass is 32.2. The summed E-state index contributed by atoms with van der Waals surface area (Å²) in [5, 5.41) is 0. The molecule has 0 bridgehead atoms. The molecule has 0 radical (unpaired) electrons. The third-order valence-electron chi connectivity index (χ3n) is 4.80. The maximum absolute atomic E-state index is 12.5. The number of pyridine rings is 1. The minimum Gasteiger partial charge on any atom is -0.337 e. The number of sulfonamides is 1. The number of amides is 1. The Hall–Kier alpha value is -1.47. The van der Waals surface area contributed by atoms with E-state index in [2.05, 4.69) is 9.71 Å². The van der Waals surface area contributed by atoms with E-state index in [9.17, 15) is 13.2 Å². The molecule has 1 aromatic heterocycles. The lowest BCUT2D eigenvalue weighted by atomic mass is 9.92. The fraction of sp³-hybridized carbons (Fsp3) is 0.600. The normalized spacial score (nSPS) is 23.5. The van der Waals surface area contributed by atoms with Crippen LogP contribution in [0, 0.1) is 12.3 Å². The minimum absolute atomic E-state index is 0.0266. The average Bonchev–Trinajstić information content (AvgIpc) is 3.09. The first kappa shape index (κ1) is 15.4. The molecule has 1 N–H and O–H groups in total. The highest BCUT2D eigenvalue weighted by Crippen LogP contribution is 2.54. The van der Waals surface area contributed by atoms with Gasteiger partial charge in [0, 0.05) is 25.3 Å². The van der Waals surface area contributed by atoms with Crippen LogP contribution in [0.2, 0.25) is 0 Å². The van der Waals surface area contributed by atoms with Crippen molar-refractivity contribution in [3.63, 3.8) is 0 Å². The summed E-state index contributed by atoms with van der Waals surface area (Å²) < 4.78 is 25.3. The summed E-state index contributed by atoms with van der Waals surface area (Å²) >= 11 is 0. The van der Waals surface area contributed by atoms with Crippen molar-refractivity contribution in [1.82, 2.24) is 14.6 Å². The molecule has 1 atom stereocenters. The van der Waals surface area contributed by atoms with Crippen molar-refractivity contribution in [1.29, 1.82) is 0 Å². The number of carbonyl (C=O) groups is 1. The Morgan fingerprint density at radius 3 is 2.68 bits per heavy atom. The van der Waals surface area contributed by atoms with Gasteiger partial charge in [0.15, 0.2) is 0 Å². The molecule has 22 heavy (non-hydrogen) atoms. The largest absolute Gasteiger partial charge is 0.337 e. The van der Waals surface area contributed by atoms with Crippen LogP contribution in [-0.4, -0.2) is 49.6 Å². The lowest BCUT2D eigenvalue weighted by molar-refractivity contribution is 0.0667. The SMILES string of the molecule is Cc1cccnc1C(=O)N1CCC2(CC1)CC2NS(C)(=O)=O. The van der Waals surface area contributed by atoms with E-state index in [1.54, 1.807) is 6.20 Å². The summed E-state index contributed by atoms with van der Waals surface area (Å²) in [6, 6.07) is 3.75. The van der Waals surface area contributed by atoms with Crippen molar-refractivity contribution >= 4 is 15.9 Å². The second-order valence-corrected chi connectivity index (χ2v) is 8.25. The topological polar surface area (TPSA) is 79.4 Å². The standard InChI is InChI=1S/C15H21N3O3S/c1-11-4-3-7-16-13(11)14(19)18-8-5-15(6-9-18)10-12(15)17-22(2,20)21/h3-4,7,12,17H,5-6,8-10H2,1-2H3. The molecule has 3 rings (SSSR count). The molecular weight excluding hydrogens is 302 g/mol. The van der Waals surface area contributed by atoms with Gasteiger partial charge in [0.25, 0.3) is 5.91 Å². The van der Waals surface area contributed by atoms with Crippen molar-refractivity contribution in [2.75, 3.05) is 19.3 Å². The van der Waals surface area contributed by atoms with E-state index in [0.717, 1.165) is 24.8 Å². The predicted molar refractivity (Wildman–Crippen MR) is 82.9 cm³/mol. The second-order valence-electron chi connectivity index (χ2n) is 6.47. The Labute approximate surface area is 131 Å². The van der Waals surface area contributed by atoms with Crippen LogP contribution in [0.5, 0.6) is 0 Å². The lowest BCUT2D eigenvalue weighted by Crippen LogP contribution is -2.42. The van der Waals surface area contributed by atoms with Gasteiger partial charge in [-0.05, 0) is 43.2 Å². The Balaban J connectivity index is 1.61. The quantitative estimate of drug-likeness (QED) is 0.897. The van der Waals surface area contributed by atoms with Gasteiger partial charge >= 0.3 is 0 Å². The summed E-state index contributed by atoms with van der Waals surface area (Å²) in [5.74, 6) is -0.0266. The highest BCUT2D eigenvalue weighted by molar-refractivity contribution is 7.88. The Kier molecular flexibility index (Phi) is 3.72. The number of nitrogens with one attached hydrogen (secondary N) is 1. The van der Waals surface area contributed by atoms with Gasteiger partial charge in [-0.3, -0.25) is 9.78 Å². The summed E-state index contributed by atoms with van der Waals surface area (Å²) in [5.41, 5.74) is 1.45. The molecule has 1 unspecified atom stereocenters. The number of rotatable bonds is 3. The average molecular weight is 323 g/mol. The number of aryl methyl sites for hydroxylation is 1. The molecule has 1 aliphatic carbocycles. The molecule has 7 heteroatoms. The first-order valence-electron chi connectivity index (χ1n) is 7.49. The zero-order valence-electron chi connectivity index (χ0n) is 12.9. The third-order valence-corrected chi connectivity index (χ3v) is 5.52. The number of hydrogen-bond donors (Lipinski definition) is 1.